The van der Waals surface area contributed by atoms with E-state index >= 15 is 0 Å². The largest absolute Gasteiger partial charge is 0.379 e. The summed E-state index contributed by atoms with van der Waals surface area (Å²) in [4.78, 5) is 4.21. The molecule has 0 N–H and O–H groups in total. The van der Waals surface area contributed by atoms with Crippen molar-refractivity contribution in [2.24, 2.45) is 0 Å². The number of sulfonamides is 1. The molecule has 0 aliphatic carbocycles. The fourth-order valence-corrected chi connectivity index (χ4v) is 6.53. The molecule has 0 aliphatic rings. The van der Waals surface area contributed by atoms with Crippen molar-refractivity contribution in [3.05, 3.63) is 96.4 Å². The summed E-state index contributed by atoms with van der Waals surface area (Å²) in [7, 11) is -8.15. The fraction of sp³-hybridized carbons (Fsp3) is 0.192. The number of pyridine rings is 1. The summed E-state index contributed by atoms with van der Waals surface area (Å²) >= 11 is 0. The first-order valence-corrected chi connectivity index (χ1v) is 14.1. The molecule has 36 heavy (non-hydrogen) atoms. The molecule has 0 fully saturated rings. The van der Waals surface area contributed by atoms with Crippen LogP contribution in [0.3, 0.4) is 0 Å². The van der Waals surface area contributed by atoms with Crippen LogP contribution in [0.1, 0.15) is 25.8 Å². The fourth-order valence-electron chi connectivity index (χ4n) is 3.74. The molecule has 1 heterocycles. The van der Waals surface area contributed by atoms with Gasteiger partial charge >= 0.3 is 10.1 Å². The van der Waals surface area contributed by atoms with Crippen molar-refractivity contribution in [1.29, 1.82) is 0 Å². The lowest BCUT2D eigenvalue weighted by Gasteiger charge is -2.28. The van der Waals surface area contributed by atoms with Crippen LogP contribution in [0.4, 0.5) is 4.39 Å². The molecule has 188 valence electrons. The molecule has 0 aliphatic heterocycles. The van der Waals surface area contributed by atoms with E-state index in [1.807, 2.05) is 13.8 Å². The molecular weight excluding hydrogens is 503 g/mol. The maximum Gasteiger partial charge on any atom is 0.339 e. The maximum atomic E-state index is 13.8. The Morgan fingerprint density at radius 1 is 0.944 bits per heavy atom. The highest BCUT2D eigenvalue weighted by Crippen LogP contribution is 2.28. The average Bonchev–Trinajstić information content (AvgIpc) is 2.86. The highest BCUT2D eigenvalue weighted by molar-refractivity contribution is 7.89. The van der Waals surface area contributed by atoms with Gasteiger partial charge in [0.25, 0.3) is 0 Å². The van der Waals surface area contributed by atoms with Crippen LogP contribution < -0.4 is 4.18 Å². The molecule has 3 aromatic carbocycles. The van der Waals surface area contributed by atoms with Gasteiger partial charge < -0.3 is 4.18 Å². The lowest BCUT2D eigenvalue weighted by molar-refractivity contribution is 0.323. The third kappa shape index (κ3) is 5.40. The normalized spacial score (nSPS) is 13.1. The number of para-hydroxylation sites is 1. The van der Waals surface area contributed by atoms with Crippen LogP contribution in [-0.4, -0.2) is 32.2 Å². The van der Waals surface area contributed by atoms with E-state index in [0.717, 1.165) is 24.3 Å². The quantitative estimate of drug-likeness (QED) is 0.280. The first-order chi connectivity index (χ1) is 17.1. The van der Waals surface area contributed by atoms with Crippen molar-refractivity contribution in [1.82, 2.24) is 9.29 Å². The highest BCUT2D eigenvalue weighted by Gasteiger charge is 2.30. The van der Waals surface area contributed by atoms with Crippen LogP contribution in [0.25, 0.3) is 10.9 Å². The minimum Gasteiger partial charge on any atom is -0.379 e. The molecule has 0 saturated heterocycles. The predicted octanol–water partition coefficient (Wildman–Crippen LogP) is 5.13. The molecule has 1 aromatic heterocycles. The van der Waals surface area contributed by atoms with Gasteiger partial charge in [-0.3, -0.25) is 4.98 Å². The molecule has 0 amide bonds. The summed E-state index contributed by atoms with van der Waals surface area (Å²) < 4.78 is 72.6. The summed E-state index contributed by atoms with van der Waals surface area (Å²) in [6.45, 7) is 3.70. The smallest absolute Gasteiger partial charge is 0.339 e. The van der Waals surface area contributed by atoms with Gasteiger partial charge in [0.15, 0.2) is 0 Å². The number of hydrogen-bond acceptors (Lipinski definition) is 6. The lowest BCUT2D eigenvalue weighted by atomic mass is 10.2. The van der Waals surface area contributed by atoms with Crippen molar-refractivity contribution in [2.45, 2.75) is 42.6 Å². The predicted molar refractivity (Wildman–Crippen MR) is 135 cm³/mol. The second-order valence-corrected chi connectivity index (χ2v) is 11.7. The Labute approximate surface area is 210 Å². The summed E-state index contributed by atoms with van der Waals surface area (Å²) in [5, 5.41) is 0.712. The lowest BCUT2D eigenvalue weighted by Crippen LogP contribution is -2.37. The van der Waals surface area contributed by atoms with Gasteiger partial charge in [-0.1, -0.05) is 37.3 Å². The summed E-state index contributed by atoms with van der Waals surface area (Å²) in [5.41, 5.74) is 0.926. The van der Waals surface area contributed by atoms with Gasteiger partial charge in [0.2, 0.25) is 10.0 Å². The Morgan fingerprint density at radius 3 is 2.36 bits per heavy atom. The Kier molecular flexibility index (Phi) is 7.39. The molecule has 0 saturated carbocycles. The van der Waals surface area contributed by atoms with Gasteiger partial charge in [-0.2, -0.15) is 12.7 Å². The molecule has 0 radical (unpaired) electrons. The number of benzene rings is 3. The standard InChI is InChI=1S/C26H25FN2O5S2/c1-3-19(2)29(35(30,31)25-11-5-8-21-9-6-16-28-26(21)25)18-20-7-4-10-23(17-20)34-36(32,33)24-14-12-22(27)13-15-24/h4-17,19H,3,18H2,1-2H3. The van der Waals surface area contributed by atoms with Gasteiger partial charge in [0.05, 0.1) is 5.52 Å². The van der Waals surface area contributed by atoms with E-state index in [-0.39, 0.29) is 28.1 Å². The zero-order valence-electron chi connectivity index (χ0n) is 19.7. The zero-order valence-corrected chi connectivity index (χ0v) is 21.3. The van der Waals surface area contributed by atoms with Crippen molar-refractivity contribution >= 4 is 31.0 Å². The highest BCUT2D eigenvalue weighted by atomic mass is 32.2. The minimum absolute atomic E-state index is 0.00560. The summed E-state index contributed by atoms with van der Waals surface area (Å²) in [6, 6.07) is 18.7. The van der Waals surface area contributed by atoms with E-state index in [2.05, 4.69) is 4.98 Å². The van der Waals surface area contributed by atoms with Crippen LogP contribution in [0.15, 0.2) is 94.9 Å². The van der Waals surface area contributed by atoms with Crippen LogP contribution >= 0.6 is 0 Å². The maximum absolute atomic E-state index is 13.8. The van der Waals surface area contributed by atoms with Crippen LogP contribution in [0.5, 0.6) is 5.75 Å². The third-order valence-electron chi connectivity index (χ3n) is 5.81. The third-order valence-corrected chi connectivity index (χ3v) is 9.06. The number of aromatic nitrogens is 1. The topological polar surface area (TPSA) is 93.6 Å². The molecule has 0 spiro atoms. The van der Waals surface area contributed by atoms with Gasteiger partial charge in [0, 0.05) is 24.2 Å². The van der Waals surface area contributed by atoms with Crippen molar-refractivity contribution in [2.75, 3.05) is 0 Å². The van der Waals surface area contributed by atoms with E-state index in [1.165, 1.54) is 22.5 Å². The Bertz CT molecular complexity index is 1590. The Hall–Kier alpha value is -3.34. The first-order valence-electron chi connectivity index (χ1n) is 11.3. The molecule has 7 nitrogen and oxygen atoms in total. The van der Waals surface area contributed by atoms with Gasteiger partial charge in [-0.15, -0.1) is 0 Å². The molecule has 1 unspecified atom stereocenters. The van der Waals surface area contributed by atoms with Crippen LogP contribution in [0, 0.1) is 5.82 Å². The monoisotopic (exact) mass is 528 g/mol. The van der Waals surface area contributed by atoms with E-state index in [4.69, 9.17) is 4.18 Å². The van der Waals surface area contributed by atoms with Gasteiger partial charge in [-0.25, -0.2) is 12.8 Å². The van der Waals surface area contributed by atoms with Crippen molar-refractivity contribution in [3.8, 4) is 5.75 Å². The Balaban J connectivity index is 1.66. The van der Waals surface area contributed by atoms with E-state index in [9.17, 15) is 21.2 Å². The molecular formula is C26H25FN2O5S2. The van der Waals surface area contributed by atoms with E-state index in [0.29, 0.717) is 22.9 Å². The number of halogens is 1. The molecule has 4 rings (SSSR count). The average molecular weight is 529 g/mol. The number of hydrogen-bond donors (Lipinski definition) is 0. The second-order valence-electron chi connectivity index (χ2n) is 8.28. The number of rotatable bonds is 9. The van der Waals surface area contributed by atoms with E-state index < -0.39 is 26.0 Å². The van der Waals surface area contributed by atoms with Crippen molar-refractivity contribution in [3.63, 3.8) is 0 Å². The summed E-state index contributed by atoms with van der Waals surface area (Å²) in [6.07, 6.45) is 2.11. The van der Waals surface area contributed by atoms with Gasteiger partial charge in [-0.05, 0) is 67.4 Å². The second kappa shape index (κ2) is 10.3. The number of fused-ring (bicyclic) bond motifs is 1. The van der Waals surface area contributed by atoms with Crippen LogP contribution in [-0.2, 0) is 26.7 Å². The molecule has 4 aromatic rings. The molecule has 1 atom stereocenters. The van der Waals surface area contributed by atoms with E-state index in [1.54, 1.807) is 42.6 Å². The molecule has 10 heteroatoms. The minimum atomic E-state index is -4.20. The van der Waals surface area contributed by atoms with Gasteiger partial charge in [0.1, 0.15) is 21.4 Å². The summed E-state index contributed by atoms with van der Waals surface area (Å²) in [5.74, 6) is -0.547. The molecule has 0 bridgehead atoms. The Morgan fingerprint density at radius 2 is 1.64 bits per heavy atom. The van der Waals surface area contributed by atoms with Crippen molar-refractivity contribution < 1.29 is 25.4 Å². The SMILES string of the molecule is CCC(C)N(Cc1cccc(OS(=O)(=O)c2ccc(F)cc2)c1)S(=O)(=O)c1cccc2cccnc12. The zero-order chi connectivity index (χ0) is 25.9. The first kappa shape index (κ1) is 25.7. The number of nitrogens with zero attached hydrogens (tertiary/aromatic N) is 2. The van der Waals surface area contributed by atoms with Crippen LogP contribution in [0.2, 0.25) is 0 Å².